The summed E-state index contributed by atoms with van der Waals surface area (Å²) < 4.78 is 26.5. The van der Waals surface area contributed by atoms with Gasteiger partial charge in [-0.2, -0.15) is 0 Å². The summed E-state index contributed by atoms with van der Waals surface area (Å²) in [5, 5.41) is 6.85. The minimum absolute atomic E-state index is 0. The molecule has 0 spiro atoms. The van der Waals surface area contributed by atoms with Crippen LogP contribution in [0.3, 0.4) is 0 Å². The van der Waals surface area contributed by atoms with Crippen molar-refractivity contribution in [3.63, 3.8) is 0 Å². The molecule has 1 aromatic rings. The van der Waals surface area contributed by atoms with Crippen molar-refractivity contribution in [2.75, 3.05) is 25.9 Å². The van der Waals surface area contributed by atoms with Gasteiger partial charge in [0.25, 0.3) is 0 Å². The van der Waals surface area contributed by atoms with Crippen LogP contribution in [-0.4, -0.2) is 40.3 Å². The molecule has 1 fully saturated rings. The highest BCUT2D eigenvalue weighted by atomic mass is 127. The number of rotatable bonds is 8. The molecule has 1 aliphatic carbocycles. The van der Waals surface area contributed by atoms with Crippen molar-refractivity contribution in [3.05, 3.63) is 34.9 Å². The predicted octanol–water partition coefficient (Wildman–Crippen LogP) is 2.34. The van der Waals surface area contributed by atoms with Crippen LogP contribution in [0.4, 0.5) is 0 Å². The van der Waals surface area contributed by atoms with E-state index in [0.717, 1.165) is 18.4 Å². The highest BCUT2D eigenvalue weighted by Crippen LogP contribution is 2.25. The van der Waals surface area contributed by atoms with E-state index in [1.807, 2.05) is 24.3 Å². The van der Waals surface area contributed by atoms with Gasteiger partial charge in [-0.15, -0.1) is 24.0 Å². The van der Waals surface area contributed by atoms with Gasteiger partial charge >= 0.3 is 0 Å². The van der Waals surface area contributed by atoms with E-state index in [1.165, 1.54) is 6.42 Å². The first-order chi connectivity index (χ1) is 11.5. The van der Waals surface area contributed by atoms with E-state index >= 15 is 0 Å². The Hall–Kier alpha value is -0.580. The van der Waals surface area contributed by atoms with Crippen LogP contribution < -0.4 is 15.4 Å². The molecule has 0 aromatic heterocycles. The van der Waals surface area contributed by atoms with Gasteiger partial charge in [0.2, 0.25) is 10.0 Å². The Kier molecular flexibility index (Phi) is 10.1. The van der Waals surface area contributed by atoms with E-state index in [-0.39, 0.29) is 29.7 Å². The molecule has 142 valence electrons. The van der Waals surface area contributed by atoms with Crippen LogP contribution in [0.1, 0.15) is 24.8 Å². The lowest BCUT2D eigenvalue weighted by Gasteiger charge is -2.25. The molecule has 1 aliphatic rings. The zero-order valence-electron chi connectivity index (χ0n) is 14.3. The number of hydrogen-bond acceptors (Lipinski definition) is 3. The Morgan fingerprint density at radius 3 is 2.48 bits per heavy atom. The van der Waals surface area contributed by atoms with Crippen molar-refractivity contribution in [2.24, 2.45) is 10.9 Å². The molecule has 1 aromatic carbocycles. The highest BCUT2D eigenvalue weighted by Gasteiger charge is 2.19. The lowest BCUT2D eigenvalue weighted by molar-refractivity contribution is 0.316. The lowest BCUT2D eigenvalue weighted by Crippen LogP contribution is -2.41. The van der Waals surface area contributed by atoms with Crippen LogP contribution in [0.15, 0.2) is 29.3 Å². The monoisotopic (exact) mass is 500 g/mol. The minimum atomic E-state index is -3.24. The molecule has 0 radical (unpaired) electrons. The summed E-state index contributed by atoms with van der Waals surface area (Å²) in [7, 11) is -1.59. The average molecular weight is 501 g/mol. The van der Waals surface area contributed by atoms with E-state index < -0.39 is 10.0 Å². The SMILES string of the molecule is CN=C(NCCS(=O)(=O)NCC1CCC1)NCc1ccc(Cl)cc1.I. The number of guanidine groups is 1. The third-order valence-corrected chi connectivity index (χ3v) is 5.68. The molecule has 25 heavy (non-hydrogen) atoms. The highest BCUT2D eigenvalue weighted by molar-refractivity contribution is 14.0. The van der Waals surface area contributed by atoms with Gasteiger partial charge < -0.3 is 10.6 Å². The van der Waals surface area contributed by atoms with Gasteiger partial charge in [0.15, 0.2) is 5.96 Å². The normalized spacial score (nSPS) is 15.2. The molecule has 0 bridgehead atoms. The Morgan fingerprint density at radius 2 is 1.92 bits per heavy atom. The number of halogens is 2. The molecule has 1 saturated carbocycles. The molecule has 3 N–H and O–H groups in total. The van der Waals surface area contributed by atoms with Crippen LogP contribution in [-0.2, 0) is 16.6 Å². The topological polar surface area (TPSA) is 82.6 Å². The predicted molar refractivity (Wildman–Crippen MR) is 114 cm³/mol. The molecule has 6 nitrogen and oxygen atoms in total. The second-order valence-corrected chi connectivity index (χ2v) is 8.31. The molecule has 0 saturated heterocycles. The summed E-state index contributed by atoms with van der Waals surface area (Å²) in [6.45, 7) is 1.45. The van der Waals surface area contributed by atoms with Gasteiger partial charge in [0.1, 0.15) is 0 Å². The quantitative estimate of drug-likeness (QED) is 0.291. The third kappa shape index (κ3) is 8.57. The summed E-state index contributed by atoms with van der Waals surface area (Å²) in [5.74, 6) is 1.11. The first-order valence-corrected chi connectivity index (χ1v) is 10.2. The number of nitrogens with zero attached hydrogens (tertiary/aromatic N) is 1. The van der Waals surface area contributed by atoms with E-state index in [2.05, 4.69) is 20.3 Å². The van der Waals surface area contributed by atoms with Crippen LogP contribution in [0.25, 0.3) is 0 Å². The van der Waals surface area contributed by atoms with Gasteiger partial charge in [-0.3, -0.25) is 4.99 Å². The van der Waals surface area contributed by atoms with Crippen molar-refractivity contribution in [3.8, 4) is 0 Å². The standard InChI is InChI=1S/C16H25ClN4O2S.HI/c1-18-16(20-11-14-5-7-15(17)8-6-14)19-9-10-24(22,23)21-12-13-3-2-4-13;/h5-8,13,21H,2-4,9-12H2,1H3,(H2,18,19,20);1H. The number of sulfonamides is 1. The largest absolute Gasteiger partial charge is 0.355 e. The number of benzene rings is 1. The Bertz CT molecular complexity index is 649. The van der Waals surface area contributed by atoms with Crippen molar-refractivity contribution < 1.29 is 8.42 Å². The summed E-state index contributed by atoms with van der Waals surface area (Å²) in [5.41, 5.74) is 1.07. The maximum atomic E-state index is 11.9. The zero-order chi connectivity index (χ0) is 17.4. The summed E-state index contributed by atoms with van der Waals surface area (Å²) in [4.78, 5) is 4.09. The average Bonchev–Trinajstić information content (AvgIpc) is 2.50. The van der Waals surface area contributed by atoms with Crippen LogP contribution in [0.2, 0.25) is 5.02 Å². The minimum Gasteiger partial charge on any atom is -0.355 e. The molecule has 2 rings (SSSR count). The Balaban J connectivity index is 0.00000312. The second kappa shape index (κ2) is 11.2. The zero-order valence-corrected chi connectivity index (χ0v) is 18.2. The Labute approximate surface area is 172 Å². The number of nitrogens with one attached hydrogen (secondary N) is 3. The van der Waals surface area contributed by atoms with E-state index in [9.17, 15) is 8.42 Å². The van der Waals surface area contributed by atoms with Crippen LogP contribution >= 0.6 is 35.6 Å². The fourth-order valence-corrected chi connectivity index (χ4v) is 3.46. The Morgan fingerprint density at radius 1 is 1.24 bits per heavy atom. The summed E-state index contributed by atoms with van der Waals surface area (Å²) in [6, 6.07) is 7.51. The fraction of sp³-hybridized carbons (Fsp3) is 0.562. The second-order valence-electron chi connectivity index (χ2n) is 5.94. The molecule has 0 heterocycles. The van der Waals surface area contributed by atoms with Gasteiger partial charge in [-0.05, 0) is 36.5 Å². The maximum Gasteiger partial charge on any atom is 0.213 e. The van der Waals surface area contributed by atoms with Crippen molar-refractivity contribution in [1.82, 2.24) is 15.4 Å². The van der Waals surface area contributed by atoms with Crippen LogP contribution in [0, 0.1) is 5.92 Å². The molecular weight excluding hydrogens is 475 g/mol. The maximum absolute atomic E-state index is 11.9. The first kappa shape index (κ1) is 22.5. The smallest absolute Gasteiger partial charge is 0.213 e. The third-order valence-electron chi connectivity index (χ3n) is 4.08. The molecular formula is C16H26ClIN4O2S. The van der Waals surface area contributed by atoms with E-state index in [4.69, 9.17) is 11.6 Å². The molecule has 0 aliphatic heterocycles. The first-order valence-electron chi connectivity index (χ1n) is 8.15. The number of hydrogen-bond donors (Lipinski definition) is 3. The molecule has 0 amide bonds. The summed E-state index contributed by atoms with van der Waals surface area (Å²) in [6.07, 6.45) is 3.47. The fourth-order valence-electron chi connectivity index (χ4n) is 2.33. The van der Waals surface area contributed by atoms with Crippen molar-refractivity contribution in [1.29, 1.82) is 0 Å². The molecule has 0 unspecified atom stereocenters. The van der Waals surface area contributed by atoms with Gasteiger partial charge in [-0.1, -0.05) is 30.2 Å². The summed E-state index contributed by atoms with van der Waals surface area (Å²) >= 11 is 5.85. The van der Waals surface area contributed by atoms with Crippen LogP contribution in [0.5, 0.6) is 0 Å². The van der Waals surface area contributed by atoms with Gasteiger partial charge in [0.05, 0.1) is 5.75 Å². The number of aliphatic imine (C=N–C) groups is 1. The molecule has 9 heteroatoms. The van der Waals surface area contributed by atoms with E-state index in [0.29, 0.717) is 36.5 Å². The van der Waals surface area contributed by atoms with Crippen molar-refractivity contribution in [2.45, 2.75) is 25.8 Å². The van der Waals surface area contributed by atoms with Gasteiger partial charge in [-0.25, -0.2) is 13.1 Å². The van der Waals surface area contributed by atoms with Crippen molar-refractivity contribution >= 4 is 51.6 Å². The molecule has 0 atom stereocenters. The lowest BCUT2D eigenvalue weighted by atomic mass is 9.86. The van der Waals surface area contributed by atoms with Gasteiger partial charge in [0, 0.05) is 31.7 Å². The van der Waals surface area contributed by atoms with E-state index in [1.54, 1.807) is 7.05 Å².